The first-order chi connectivity index (χ1) is 6.63. The smallest absolute Gasteiger partial charge is 0.325 e. The van der Waals surface area contributed by atoms with E-state index in [-0.39, 0.29) is 12.2 Å². The van der Waals surface area contributed by atoms with Gasteiger partial charge in [-0.1, -0.05) is 15.9 Å². The predicted molar refractivity (Wildman–Crippen MR) is 54.6 cm³/mol. The Balaban J connectivity index is 2.63. The fourth-order valence-corrected chi connectivity index (χ4v) is 1.21. The maximum Gasteiger partial charge on any atom is 0.325 e. The van der Waals surface area contributed by atoms with Crippen LogP contribution in [0.1, 0.15) is 0 Å². The number of methoxy groups -OCH3 is 1. The molecule has 0 bridgehead atoms. The van der Waals surface area contributed by atoms with Crippen molar-refractivity contribution in [1.29, 1.82) is 0 Å². The van der Waals surface area contributed by atoms with Gasteiger partial charge in [0.1, 0.15) is 12.4 Å². The molecule has 1 aromatic rings. The number of halogens is 2. The molecule has 0 heterocycles. The summed E-state index contributed by atoms with van der Waals surface area (Å²) in [7, 11) is 1.28. The molecule has 0 saturated carbocycles. The van der Waals surface area contributed by atoms with Crippen LogP contribution >= 0.6 is 15.9 Å². The van der Waals surface area contributed by atoms with Crippen LogP contribution in [0.25, 0.3) is 0 Å². The van der Waals surface area contributed by atoms with E-state index in [2.05, 4.69) is 26.0 Å². The number of carbonyl (C=O) groups excluding carboxylic acids is 1. The van der Waals surface area contributed by atoms with Crippen LogP contribution in [0.4, 0.5) is 10.1 Å². The minimum Gasteiger partial charge on any atom is -0.468 e. The van der Waals surface area contributed by atoms with E-state index in [1.807, 2.05) is 0 Å². The highest BCUT2D eigenvalue weighted by Crippen LogP contribution is 2.18. The number of anilines is 1. The van der Waals surface area contributed by atoms with Gasteiger partial charge < -0.3 is 10.1 Å². The maximum absolute atomic E-state index is 13.2. The molecule has 1 aromatic carbocycles. The van der Waals surface area contributed by atoms with Crippen molar-refractivity contribution in [2.45, 2.75) is 0 Å². The molecule has 76 valence electrons. The number of hydrogen-bond donors (Lipinski definition) is 1. The summed E-state index contributed by atoms with van der Waals surface area (Å²) in [6, 6.07) is 4.55. The molecule has 0 aliphatic rings. The second-order valence-corrected chi connectivity index (χ2v) is 3.47. The highest BCUT2D eigenvalue weighted by atomic mass is 79.9. The van der Waals surface area contributed by atoms with E-state index in [1.165, 1.54) is 13.2 Å². The topological polar surface area (TPSA) is 38.3 Å². The van der Waals surface area contributed by atoms with Gasteiger partial charge in [0.15, 0.2) is 0 Å². The number of ether oxygens (including phenoxy) is 1. The SMILES string of the molecule is COC(=O)CNc1ccc(Br)cc1F. The van der Waals surface area contributed by atoms with Crippen molar-refractivity contribution in [2.75, 3.05) is 19.0 Å². The van der Waals surface area contributed by atoms with Gasteiger partial charge in [-0.3, -0.25) is 4.79 Å². The zero-order chi connectivity index (χ0) is 10.6. The summed E-state index contributed by atoms with van der Waals surface area (Å²) in [5.41, 5.74) is 0.276. The Bertz CT molecular complexity index is 344. The van der Waals surface area contributed by atoms with Crippen LogP contribution < -0.4 is 5.32 Å². The van der Waals surface area contributed by atoms with Crippen LogP contribution in [0.5, 0.6) is 0 Å². The Kier molecular flexibility index (Phi) is 3.88. The van der Waals surface area contributed by atoms with Crippen LogP contribution in [-0.4, -0.2) is 19.6 Å². The van der Waals surface area contributed by atoms with Crippen LogP contribution in [-0.2, 0) is 9.53 Å². The standard InChI is InChI=1S/C9H9BrFNO2/c1-14-9(13)5-12-8-3-2-6(10)4-7(8)11/h2-4,12H,5H2,1H3. The van der Waals surface area contributed by atoms with Crippen LogP contribution in [0.15, 0.2) is 22.7 Å². The Hall–Kier alpha value is -1.10. The van der Waals surface area contributed by atoms with E-state index in [9.17, 15) is 9.18 Å². The van der Waals surface area contributed by atoms with Gasteiger partial charge in [0.2, 0.25) is 0 Å². The fraction of sp³-hybridized carbons (Fsp3) is 0.222. The highest BCUT2D eigenvalue weighted by molar-refractivity contribution is 9.10. The zero-order valence-corrected chi connectivity index (χ0v) is 9.10. The molecule has 0 aliphatic carbocycles. The number of carbonyl (C=O) groups is 1. The summed E-state index contributed by atoms with van der Waals surface area (Å²) in [6.07, 6.45) is 0. The summed E-state index contributed by atoms with van der Waals surface area (Å²) in [5.74, 6) is -0.851. The summed E-state index contributed by atoms with van der Waals surface area (Å²) < 4.78 is 18.2. The van der Waals surface area contributed by atoms with Gasteiger partial charge >= 0.3 is 5.97 Å². The molecule has 0 spiro atoms. The highest BCUT2D eigenvalue weighted by Gasteiger charge is 2.04. The third-order valence-corrected chi connectivity index (χ3v) is 2.08. The van der Waals surface area contributed by atoms with Crippen molar-refractivity contribution < 1.29 is 13.9 Å². The van der Waals surface area contributed by atoms with E-state index in [4.69, 9.17) is 0 Å². The molecule has 0 atom stereocenters. The zero-order valence-electron chi connectivity index (χ0n) is 7.51. The Labute approximate surface area is 89.4 Å². The molecule has 0 unspecified atom stereocenters. The van der Waals surface area contributed by atoms with Gasteiger partial charge in [0, 0.05) is 4.47 Å². The third-order valence-electron chi connectivity index (χ3n) is 1.58. The lowest BCUT2D eigenvalue weighted by Crippen LogP contribution is -2.15. The molecule has 3 nitrogen and oxygen atoms in total. The molecular formula is C9H9BrFNO2. The molecule has 0 saturated heterocycles. The third kappa shape index (κ3) is 2.99. The van der Waals surface area contributed by atoms with E-state index in [0.29, 0.717) is 4.47 Å². The average Bonchev–Trinajstić information content (AvgIpc) is 2.16. The van der Waals surface area contributed by atoms with E-state index in [0.717, 1.165) is 0 Å². The monoisotopic (exact) mass is 261 g/mol. The van der Waals surface area contributed by atoms with Crippen molar-refractivity contribution in [3.05, 3.63) is 28.5 Å². The number of rotatable bonds is 3. The minimum absolute atomic E-state index is 0.0466. The largest absolute Gasteiger partial charge is 0.468 e. The van der Waals surface area contributed by atoms with Gasteiger partial charge in [0.25, 0.3) is 0 Å². The van der Waals surface area contributed by atoms with Gasteiger partial charge in [-0.15, -0.1) is 0 Å². The van der Waals surface area contributed by atoms with Gasteiger partial charge in [-0.25, -0.2) is 4.39 Å². The molecule has 0 aromatic heterocycles. The van der Waals surface area contributed by atoms with Gasteiger partial charge in [-0.2, -0.15) is 0 Å². The van der Waals surface area contributed by atoms with Crippen molar-refractivity contribution >= 4 is 27.6 Å². The molecule has 0 radical (unpaired) electrons. The lowest BCUT2D eigenvalue weighted by molar-refractivity contribution is -0.138. The quantitative estimate of drug-likeness (QED) is 0.848. The summed E-state index contributed by atoms with van der Waals surface area (Å²) >= 11 is 3.13. The molecule has 0 amide bonds. The lowest BCUT2D eigenvalue weighted by Gasteiger charge is -2.05. The predicted octanol–water partition coefficient (Wildman–Crippen LogP) is 2.17. The molecule has 5 heteroatoms. The number of esters is 1. The molecule has 0 aliphatic heterocycles. The molecule has 1 N–H and O–H groups in total. The first-order valence-electron chi connectivity index (χ1n) is 3.89. The van der Waals surface area contributed by atoms with Crippen LogP contribution in [0.3, 0.4) is 0 Å². The Morgan fingerprint density at radius 1 is 1.64 bits per heavy atom. The van der Waals surface area contributed by atoms with Crippen molar-refractivity contribution in [2.24, 2.45) is 0 Å². The number of nitrogens with one attached hydrogen (secondary N) is 1. The molecular weight excluding hydrogens is 253 g/mol. The minimum atomic E-state index is -0.438. The molecule has 1 rings (SSSR count). The number of hydrogen-bond acceptors (Lipinski definition) is 3. The van der Waals surface area contributed by atoms with E-state index in [1.54, 1.807) is 12.1 Å². The van der Waals surface area contributed by atoms with E-state index >= 15 is 0 Å². The van der Waals surface area contributed by atoms with Gasteiger partial charge in [-0.05, 0) is 18.2 Å². The van der Waals surface area contributed by atoms with E-state index < -0.39 is 11.8 Å². The average molecular weight is 262 g/mol. The van der Waals surface area contributed by atoms with Gasteiger partial charge in [0.05, 0.1) is 12.8 Å². The normalized spacial score (nSPS) is 9.64. The van der Waals surface area contributed by atoms with Crippen molar-refractivity contribution in [3.63, 3.8) is 0 Å². The van der Waals surface area contributed by atoms with Crippen molar-refractivity contribution in [3.8, 4) is 0 Å². The Morgan fingerprint density at radius 2 is 2.36 bits per heavy atom. The van der Waals surface area contributed by atoms with Crippen LogP contribution in [0, 0.1) is 5.82 Å². The lowest BCUT2D eigenvalue weighted by atomic mass is 10.3. The maximum atomic E-state index is 13.2. The Morgan fingerprint density at radius 3 is 2.93 bits per heavy atom. The summed E-state index contributed by atoms with van der Waals surface area (Å²) in [5, 5.41) is 2.62. The number of benzene rings is 1. The second kappa shape index (κ2) is 4.95. The second-order valence-electron chi connectivity index (χ2n) is 2.55. The first kappa shape index (κ1) is 11.0. The first-order valence-corrected chi connectivity index (χ1v) is 4.68. The van der Waals surface area contributed by atoms with Crippen molar-refractivity contribution in [1.82, 2.24) is 0 Å². The molecule has 14 heavy (non-hydrogen) atoms. The van der Waals surface area contributed by atoms with Crippen LogP contribution in [0.2, 0.25) is 0 Å². The summed E-state index contributed by atoms with van der Waals surface area (Å²) in [4.78, 5) is 10.7. The molecule has 0 fully saturated rings. The fourth-order valence-electron chi connectivity index (χ4n) is 0.872. The summed E-state index contributed by atoms with van der Waals surface area (Å²) in [6.45, 7) is -0.0466.